The van der Waals surface area contributed by atoms with Crippen molar-refractivity contribution in [3.8, 4) is 0 Å². The number of halogens is 1. The highest BCUT2D eigenvalue weighted by Gasteiger charge is 2.66. The molecule has 22 heavy (non-hydrogen) atoms. The lowest BCUT2D eigenvalue weighted by Crippen LogP contribution is -2.55. The number of aliphatic hydroxyl groups is 3. The molecule has 1 aliphatic rings. The number of H-pyrrole nitrogens is 1. The fourth-order valence-electron chi connectivity index (χ4n) is 2.50. The average Bonchev–Trinajstić information content (AvgIpc) is 2.69. The number of aromatic amines is 1. The molecule has 1 fully saturated rings. The number of hydrogen-bond donors (Lipinski definition) is 4. The fraction of sp³-hybridized carbons (Fsp3) is 0.538. The molecule has 1 aromatic heterocycles. The average molecular weight is 316 g/mol. The molecule has 0 saturated carbocycles. The topological polar surface area (TPSA) is 125 Å². The van der Waals surface area contributed by atoms with E-state index >= 15 is 0 Å². The minimum atomic E-state index is -2.97. The normalized spacial score (nSPS) is 36.2. The van der Waals surface area contributed by atoms with Crippen LogP contribution >= 0.6 is 0 Å². The van der Waals surface area contributed by atoms with Gasteiger partial charge >= 0.3 is 5.69 Å². The van der Waals surface area contributed by atoms with Crippen molar-refractivity contribution < 1.29 is 24.4 Å². The van der Waals surface area contributed by atoms with Gasteiger partial charge < -0.3 is 20.1 Å². The molecule has 5 atom stereocenters. The van der Waals surface area contributed by atoms with Crippen LogP contribution in [0.4, 0.5) is 4.39 Å². The van der Waals surface area contributed by atoms with Gasteiger partial charge in [0.25, 0.3) is 11.4 Å². The van der Waals surface area contributed by atoms with Crippen LogP contribution in [0, 0.1) is 5.92 Å². The van der Waals surface area contributed by atoms with Crippen LogP contribution in [0.2, 0.25) is 0 Å². The number of nitrogens with one attached hydrogen (secondary N) is 1. The summed E-state index contributed by atoms with van der Waals surface area (Å²) in [4.78, 5) is 24.9. The third-order valence-corrected chi connectivity index (χ3v) is 3.95. The Bertz CT molecular complexity index is 688. The molecule has 122 valence electrons. The van der Waals surface area contributed by atoms with Crippen LogP contribution in [0.3, 0.4) is 0 Å². The van der Waals surface area contributed by atoms with Crippen LogP contribution in [-0.2, 0) is 4.74 Å². The Kier molecular flexibility index (Phi) is 4.09. The van der Waals surface area contributed by atoms with Crippen LogP contribution in [0.1, 0.15) is 13.2 Å². The monoisotopic (exact) mass is 316 g/mol. The van der Waals surface area contributed by atoms with Gasteiger partial charge in [0.1, 0.15) is 18.3 Å². The fourth-order valence-corrected chi connectivity index (χ4v) is 2.50. The van der Waals surface area contributed by atoms with Crippen molar-refractivity contribution in [2.75, 3.05) is 6.61 Å². The Morgan fingerprint density at radius 3 is 2.77 bits per heavy atom. The summed E-state index contributed by atoms with van der Waals surface area (Å²) in [5, 5.41) is 30.0. The maximum absolute atomic E-state index is 14.5. The Balaban J connectivity index is 2.63. The molecular weight excluding hydrogens is 299 g/mol. The van der Waals surface area contributed by atoms with Gasteiger partial charge in [-0.1, -0.05) is 13.0 Å². The maximum Gasteiger partial charge on any atom is 0.330 e. The largest absolute Gasteiger partial charge is 0.390 e. The van der Waals surface area contributed by atoms with Gasteiger partial charge in [-0.15, -0.1) is 6.58 Å². The third-order valence-electron chi connectivity index (χ3n) is 3.95. The number of ether oxygens (including phenoxy) is 1. The van der Waals surface area contributed by atoms with Gasteiger partial charge in [-0.2, -0.15) is 0 Å². The van der Waals surface area contributed by atoms with Gasteiger partial charge in [-0.05, 0) is 0 Å². The Hall–Kier alpha value is -1.81. The minimum Gasteiger partial charge on any atom is -0.390 e. The number of hydrogen-bond acceptors (Lipinski definition) is 6. The first-order valence-electron chi connectivity index (χ1n) is 6.52. The first kappa shape index (κ1) is 16.6. The molecule has 1 unspecified atom stereocenters. The van der Waals surface area contributed by atoms with Gasteiger partial charge in [0, 0.05) is 18.2 Å². The number of nitrogens with zero attached hydrogens (tertiary/aromatic N) is 1. The Labute approximate surface area is 124 Å². The standard InChI is InChI=1S/C13H17FN2O6/c1-3-7(2)13(21)9(19)12(14,6-17)22-10(13)16-5-4-8(18)15-11(16)20/h3-5,7,9-10,17,19,21H,1,6H2,2H3,(H,15,18,20)/t7?,9-,10-,12-,13-/m1/s1. The van der Waals surface area contributed by atoms with Crippen LogP contribution in [-0.4, -0.2) is 49.0 Å². The number of aromatic nitrogens is 2. The van der Waals surface area contributed by atoms with Crippen molar-refractivity contribution in [1.82, 2.24) is 9.55 Å². The smallest absolute Gasteiger partial charge is 0.330 e. The second-order valence-electron chi connectivity index (χ2n) is 5.25. The molecule has 0 amide bonds. The summed E-state index contributed by atoms with van der Waals surface area (Å²) in [6.07, 6.45) is -1.55. The van der Waals surface area contributed by atoms with Crippen LogP contribution < -0.4 is 11.2 Å². The zero-order valence-corrected chi connectivity index (χ0v) is 11.8. The van der Waals surface area contributed by atoms with Gasteiger partial charge in [-0.25, -0.2) is 9.18 Å². The van der Waals surface area contributed by atoms with E-state index in [4.69, 9.17) is 9.84 Å². The lowest BCUT2D eigenvalue weighted by atomic mass is 9.81. The van der Waals surface area contributed by atoms with Gasteiger partial charge in [0.05, 0.1) is 0 Å². The predicted molar refractivity (Wildman–Crippen MR) is 72.7 cm³/mol. The van der Waals surface area contributed by atoms with Crippen molar-refractivity contribution in [1.29, 1.82) is 0 Å². The third kappa shape index (κ3) is 2.22. The highest BCUT2D eigenvalue weighted by Crippen LogP contribution is 2.48. The zero-order chi connectivity index (χ0) is 16.7. The Morgan fingerprint density at radius 1 is 1.64 bits per heavy atom. The lowest BCUT2D eigenvalue weighted by molar-refractivity contribution is -0.207. The van der Waals surface area contributed by atoms with E-state index < -0.39 is 47.6 Å². The van der Waals surface area contributed by atoms with Gasteiger partial charge in [-0.3, -0.25) is 14.3 Å². The number of aliphatic hydroxyl groups excluding tert-OH is 2. The van der Waals surface area contributed by atoms with E-state index in [1.165, 1.54) is 13.0 Å². The van der Waals surface area contributed by atoms with Crippen LogP contribution in [0.25, 0.3) is 0 Å². The van der Waals surface area contributed by atoms with E-state index in [1.807, 2.05) is 4.98 Å². The van der Waals surface area contributed by atoms with E-state index in [-0.39, 0.29) is 0 Å². The highest BCUT2D eigenvalue weighted by molar-refractivity contribution is 5.11. The number of rotatable bonds is 4. The molecule has 0 aliphatic carbocycles. The first-order chi connectivity index (χ1) is 10.2. The molecule has 1 saturated heterocycles. The van der Waals surface area contributed by atoms with Crippen molar-refractivity contribution in [2.24, 2.45) is 5.92 Å². The highest BCUT2D eigenvalue weighted by atomic mass is 19.2. The van der Waals surface area contributed by atoms with E-state index in [2.05, 4.69) is 6.58 Å². The number of alkyl halides is 1. The summed E-state index contributed by atoms with van der Waals surface area (Å²) in [5.74, 6) is -3.86. The quantitative estimate of drug-likeness (QED) is 0.508. The Morgan fingerprint density at radius 2 is 2.27 bits per heavy atom. The summed E-state index contributed by atoms with van der Waals surface area (Å²) in [5.41, 5.74) is -3.92. The van der Waals surface area contributed by atoms with Crippen molar-refractivity contribution >= 4 is 0 Å². The summed E-state index contributed by atoms with van der Waals surface area (Å²) in [7, 11) is 0. The van der Waals surface area contributed by atoms with Gasteiger partial charge in [0.2, 0.25) is 0 Å². The van der Waals surface area contributed by atoms with E-state index in [1.54, 1.807) is 0 Å². The molecule has 8 nitrogen and oxygen atoms in total. The van der Waals surface area contributed by atoms with E-state index in [9.17, 15) is 24.2 Å². The molecule has 0 radical (unpaired) electrons. The second-order valence-corrected chi connectivity index (χ2v) is 5.25. The van der Waals surface area contributed by atoms with Crippen LogP contribution in [0.5, 0.6) is 0 Å². The predicted octanol–water partition coefficient (Wildman–Crippen LogP) is -1.36. The van der Waals surface area contributed by atoms with Crippen LogP contribution in [0.15, 0.2) is 34.5 Å². The molecular formula is C13H17FN2O6. The molecule has 9 heteroatoms. The summed E-state index contributed by atoms with van der Waals surface area (Å²) in [6.45, 7) is 3.68. The molecule has 1 aromatic rings. The van der Waals surface area contributed by atoms with Crippen molar-refractivity contribution in [2.45, 2.75) is 30.7 Å². The molecule has 1 aliphatic heterocycles. The molecule has 4 N–H and O–H groups in total. The van der Waals surface area contributed by atoms with Gasteiger partial charge in [0.15, 0.2) is 6.23 Å². The molecule has 0 aromatic carbocycles. The summed E-state index contributed by atoms with van der Waals surface area (Å²) >= 11 is 0. The van der Waals surface area contributed by atoms with E-state index in [0.29, 0.717) is 0 Å². The second kappa shape index (κ2) is 5.43. The van der Waals surface area contributed by atoms with Crippen molar-refractivity contribution in [3.05, 3.63) is 45.8 Å². The first-order valence-corrected chi connectivity index (χ1v) is 6.52. The minimum absolute atomic E-state index is 0.686. The summed E-state index contributed by atoms with van der Waals surface area (Å²) in [6, 6.07) is 0.979. The summed E-state index contributed by atoms with van der Waals surface area (Å²) < 4.78 is 20.1. The molecule has 0 spiro atoms. The lowest BCUT2D eigenvalue weighted by Gasteiger charge is -2.35. The maximum atomic E-state index is 14.5. The molecule has 0 bridgehead atoms. The molecule has 2 heterocycles. The zero-order valence-electron chi connectivity index (χ0n) is 11.8. The van der Waals surface area contributed by atoms with E-state index in [0.717, 1.165) is 16.8 Å². The van der Waals surface area contributed by atoms with Crippen molar-refractivity contribution in [3.63, 3.8) is 0 Å². The SMILES string of the molecule is C=CC(C)[C@]1(O)[C@H](n2ccc(=O)[nH]c2=O)O[C@](F)(CO)[C@H]1O. The molecule has 2 rings (SSSR count).